The highest BCUT2D eigenvalue weighted by atomic mass is 16.5. The van der Waals surface area contributed by atoms with Crippen molar-refractivity contribution >= 4 is 0 Å². The molecule has 2 atom stereocenters. The summed E-state index contributed by atoms with van der Waals surface area (Å²) in [7, 11) is 1.70. The lowest BCUT2D eigenvalue weighted by Crippen LogP contribution is -2.42. The van der Waals surface area contributed by atoms with E-state index in [-0.39, 0.29) is 12.2 Å². The molecule has 0 aliphatic heterocycles. The van der Waals surface area contributed by atoms with E-state index in [1.807, 2.05) is 0 Å². The molecule has 16 heavy (non-hydrogen) atoms. The molecule has 0 spiro atoms. The quantitative estimate of drug-likeness (QED) is 0.792. The van der Waals surface area contributed by atoms with Crippen LogP contribution >= 0.6 is 0 Å². The zero-order valence-corrected chi connectivity index (χ0v) is 10.3. The first kappa shape index (κ1) is 13.4. The molecule has 1 aliphatic carbocycles. The van der Waals surface area contributed by atoms with Gasteiger partial charge < -0.3 is 14.6 Å². The summed E-state index contributed by atoms with van der Waals surface area (Å²) in [5, 5.41) is 18.6. The summed E-state index contributed by atoms with van der Waals surface area (Å²) in [5.74, 6) is 0. The maximum Gasteiger partial charge on any atom is 0.154 e. The van der Waals surface area contributed by atoms with Crippen molar-refractivity contribution in [2.75, 3.05) is 7.11 Å². The number of aliphatic hydroxyl groups excluding tert-OH is 1. The van der Waals surface area contributed by atoms with Crippen molar-refractivity contribution < 1.29 is 14.6 Å². The molecule has 4 nitrogen and oxygen atoms in total. The highest BCUT2D eigenvalue weighted by molar-refractivity contribution is 5.05. The van der Waals surface area contributed by atoms with Crippen LogP contribution in [0.2, 0.25) is 0 Å². The first-order valence-electron chi connectivity index (χ1n) is 5.83. The SMILES string of the molecule is COC1CCC(C#N)(OC(C)C(C)O)CC1. The molecular formula is C12H21NO3. The molecule has 0 heterocycles. The Bertz CT molecular complexity index is 251. The number of aliphatic hydroxyl groups is 1. The van der Waals surface area contributed by atoms with Gasteiger partial charge in [0.05, 0.1) is 24.4 Å². The molecule has 0 radical (unpaired) electrons. The molecule has 0 aromatic carbocycles. The van der Waals surface area contributed by atoms with Crippen LogP contribution in [0.1, 0.15) is 39.5 Å². The fourth-order valence-corrected chi connectivity index (χ4v) is 2.00. The Labute approximate surface area is 97.2 Å². The van der Waals surface area contributed by atoms with Crippen LogP contribution in [-0.4, -0.2) is 36.1 Å². The number of hydrogen-bond acceptors (Lipinski definition) is 4. The van der Waals surface area contributed by atoms with Crippen LogP contribution in [0.4, 0.5) is 0 Å². The molecule has 1 aliphatic rings. The minimum absolute atomic E-state index is 0.243. The van der Waals surface area contributed by atoms with Gasteiger partial charge in [0.2, 0.25) is 0 Å². The predicted molar refractivity (Wildman–Crippen MR) is 59.8 cm³/mol. The van der Waals surface area contributed by atoms with Gasteiger partial charge in [-0.3, -0.25) is 0 Å². The van der Waals surface area contributed by atoms with Crippen molar-refractivity contribution in [1.29, 1.82) is 5.26 Å². The van der Waals surface area contributed by atoms with Crippen molar-refractivity contribution in [2.45, 2.75) is 63.4 Å². The van der Waals surface area contributed by atoms with Gasteiger partial charge in [0, 0.05) is 7.11 Å². The minimum atomic E-state index is -0.731. The lowest BCUT2D eigenvalue weighted by atomic mass is 9.84. The summed E-state index contributed by atoms with van der Waals surface area (Å²) in [6, 6.07) is 2.26. The van der Waals surface area contributed by atoms with E-state index in [0.717, 1.165) is 12.8 Å². The van der Waals surface area contributed by atoms with Gasteiger partial charge in [-0.25, -0.2) is 0 Å². The van der Waals surface area contributed by atoms with Gasteiger partial charge in [0.1, 0.15) is 0 Å². The van der Waals surface area contributed by atoms with Crippen LogP contribution in [0.5, 0.6) is 0 Å². The Morgan fingerprint density at radius 1 is 1.38 bits per heavy atom. The third-order valence-corrected chi connectivity index (χ3v) is 3.37. The Morgan fingerprint density at radius 2 is 1.94 bits per heavy atom. The summed E-state index contributed by atoms with van der Waals surface area (Å²) < 4.78 is 11.0. The minimum Gasteiger partial charge on any atom is -0.391 e. The van der Waals surface area contributed by atoms with Crippen LogP contribution < -0.4 is 0 Å². The summed E-state index contributed by atoms with van der Waals surface area (Å²) in [6.45, 7) is 3.47. The van der Waals surface area contributed by atoms with E-state index in [0.29, 0.717) is 12.8 Å². The Balaban J connectivity index is 2.57. The van der Waals surface area contributed by atoms with Crippen molar-refractivity contribution in [1.82, 2.24) is 0 Å². The number of nitrogens with zero attached hydrogens (tertiary/aromatic N) is 1. The standard InChI is InChI=1S/C12H21NO3/c1-9(14)10(2)16-12(8-13)6-4-11(15-3)5-7-12/h9-11,14H,4-7H2,1-3H3. The van der Waals surface area contributed by atoms with Gasteiger partial charge >= 0.3 is 0 Å². The summed E-state index contributed by atoms with van der Waals surface area (Å²) in [6.07, 6.45) is 2.43. The summed E-state index contributed by atoms with van der Waals surface area (Å²) in [5.41, 5.74) is -0.731. The fourth-order valence-electron chi connectivity index (χ4n) is 2.00. The molecule has 1 rings (SSSR count). The second kappa shape index (κ2) is 5.62. The Hall–Kier alpha value is -0.630. The van der Waals surface area contributed by atoms with Crippen LogP contribution in [-0.2, 0) is 9.47 Å². The van der Waals surface area contributed by atoms with Crippen LogP contribution in [0.25, 0.3) is 0 Å². The molecule has 1 saturated carbocycles. The average Bonchev–Trinajstić information content (AvgIpc) is 2.29. The number of rotatable bonds is 4. The predicted octanol–water partition coefficient (Wildman–Crippen LogP) is 1.62. The van der Waals surface area contributed by atoms with Gasteiger partial charge in [-0.2, -0.15) is 5.26 Å². The molecule has 0 bridgehead atoms. The third kappa shape index (κ3) is 3.18. The Kier molecular flexibility index (Phi) is 4.72. The van der Waals surface area contributed by atoms with Crippen molar-refractivity contribution in [2.24, 2.45) is 0 Å². The van der Waals surface area contributed by atoms with Gasteiger partial charge in [-0.1, -0.05) is 0 Å². The molecule has 0 amide bonds. The molecule has 0 aromatic heterocycles. The number of hydrogen-bond donors (Lipinski definition) is 1. The van der Waals surface area contributed by atoms with E-state index in [4.69, 9.17) is 9.47 Å². The van der Waals surface area contributed by atoms with Crippen molar-refractivity contribution in [3.05, 3.63) is 0 Å². The van der Waals surface area contributed by atoms with Gasteiger partial charge in [-0.15, -0.1) is 0 Å². The largest absolute Gasteiger partial charge is 0.391 e. The maximum absolute atomic E-state index is 9.40. The molecule has 4 heteroatoms. The molecule has 0 saturated heterocycles. The first-order valence-corrected chi connectivity index (χ1v) is 5.83. The van der Waals surface area contributed by atoms with Crippen molar-refractivity contribution in [3.8, 4) is 6.07 Å². The monoisotopic (exact) mass is 227 g/mol. The summed E-state index contributed by atoms with van der Waals surface area (Å²) >= 11 is 0. The zero-order valence-electron chi connectivity index (χ0n) is 10.3. The highest BCUT2D eigenvalue weighted by Gasteiger charge is 2.38. The normalized spacial score (nSPS) is 34.1. The van der Waals surface area contributed by atoms with E-state index < -0.39 is 11.7 Å². The van der Waals surface area contributed by atoms with Crippen LogP contribution in [0.3, 0.4) is 0 Å². The second-order valence-corrected chi connectivity index (χ2v) is 4.60. The van der Waals surface area contributed by atoms with Crippen LogP contribution in [0, 0.1) is 11.3 Å². The average molecular weight is 227 g/mol. The molecular weight excluding hydrogens is 206 g/mol. The zero-order chi connectivity index (χ0) is 12.2. The van der Waals surface area contributed by atoms with E-state index in [1.165, 1.54) is 0 Å². The highest BCUT2D eigenvalue weighted by Crippen LogP contribution is 2.33. The lowest BCUT2D eigenvalue weighted by Gasteiger charge is -2.36. The van der Waals surface area contributed by atoms with E-state index in [2.05, 4.69) is 6.07 Å². The Morgan fingerprint density at radius 3 is 2.31 bits per heavy atom. The molecule has 92 valence electrons. The molecule has 2 unspecified atom stereocenters. The topological polar surface area (TPSA) is 62.5 Å². The van der Waals surface area contributed by atoms with Crippen molar-refractivity contribution in [3.63, 3.8) is 0 Å². The van der Waals surface area contributed by atoms with E-state index in [9.17, 15) is 10.4 Å². The third-order valence-electron chi connectivity index (χ3n) is 3.37. The smallest absolute Gasteiger partial charge is 0.154 e. The summed E-state index contributed by atoms with van der Waals surface area (Å²) in [4.78, 5) is 0. The first-order chi connectivity index (χ1) is 7.53. The fraction of sp³-hybridized carbons (Fsp3) is 0.917. The van der Waals surface area contributed by atoms with E-state index >= 15 is 0 Å². The molecule has 1 N–H and O–H groups in total. The molecule has 0 aromatic rings. The maximum atomic E-state index is 9.40. The van der Waals surface area contributed by atoms with Gasteiger partial charge in [-0.05, 0) is 39.5 Å². The van der Waals surface area contributed by atoms with Gasteiger partial charge in [0.15, 0.2) is 5.60 Å². The second-order valence-electron chi connectivity index (χ2n) is 4.60. The number of methoxy groups -OCH3 is 1. The lowest BCUT2D eigenvalue weighted by molar-refractivity contribution is -0.122. The van der Waals surface area contributed by atoms with Gasteiger partial charge in [0.25, 0.3) is 0 Å². The number of nitriles is 1. The number of ether oxygens (including phenoxy) is 2. The molecule has 1 fully saturated rings. The van der Waals surface area contributed by atoms with E-state index in [1.54, 1.807) is 21.0 Å². The van der Waals surface area contributed by atoms with Crippen LogP contribution in [0.15, 0.2) is 0 Å².